The Morgan fingerprint density at radius 3 is 2.43 bits per heavy atom. The number of carbonyl (C=O) groups is 1. The minimum absolute atomic E-state index is 0.208. The van der Waals surface area contributed by atoms with E-state index in [4.69, 9.17) is 5.73 Å². The van der Waals surface area contributed by atoms with Crippen LogP contribution >= 0.6 is 0 Å². The van der Waals surface area contributed by atoms with E-state index in [0.717, 1.165) is 12.3 Å². The number of hydrogen-bond donors (Lipinski definition) is 1. The van der Waals surface area contributed by atoms with Crippen LogP contribution in [0.1, 0.15) is 38.5 Å². The summed E-state index contributed by atoms with van der Waals surface area (Å²) in [5.74, 6) is 2.80. The van der Waals surface area contributed by atoms with Crippen molar-refractivity contribution in [1.82, 2.24) is 0 Å². The number of nitrogens with two attached hydrogens (primary N) is 1. The average Bonchev–Trinajstić information content (AvgIpc) is 2.76. The van der Waals surface area contributed by atoms with Gasteiger partial charge in [-0.3, -0.25) is 4.79 Å². The Labute approximate surface area is 85.2 Å². The van der Waals surface area contributed by atoms with Gasteiger partial charge in [-0.1, -0.05) is 0 Å². The summed E-state index contributed by atoms with van der Waals surface area (Å²) in [4.78, 5) is 12.0. The second-order valence-corrected chi connectivity index (χ2v) is 5.55. The molecule has 3 rings (SSSR count). The van der Waals surface area contributed by atoms with E-state index in [9.17, 15) is 4.79 Å². The highest BCUT2D eigenvalue weighted by Gasteiger charge is 2.49. The normalized spacial score (nSPS) is 45.8. The predicted octanol–water partition coefficient (Wildman–Crippen LogP) is 1.73. The molecule has 3 fully saturated rings. The third-order valence-electron chi connectivity index (χ3n) is 4.54. The molecule has 3 aliphatic carbocycles. The molecule has 0 spiro atoms. The fraction of sp³-hybridized carbons (Fsp3) is 0.917. The molecular formula is C12H19NO. The number of ketones is 1. The Balaban J connectivity index is 1.68. The molecule has 2 heteroatoms. The quantitative estimate of drug-likeness (QED) is 0.741. The van der Waals surface area contributed by atoms with Gasteiger partial charge in [-0.25, -0.2) is 0 Å². The Morgan fingerprint density at radius 1 is 1.14 bits per heavy atom. The van der Waals surface area contributed by atoms with Crippen LogP contribution in [0.25, 0.3) is 0 Å². The Hall–Kier alpha value is -0.370. The van der Waals surface area contributed by atoms with Crippen molar-refractivity contribution >= 4 is 5.78 Å². The average molecular weight is 193 g/mol. The van der Waals surface area contributed by atoms with Crippen LogP contribution in [0.4, 0.5) is 0 Å². The van der Waals surface area contributed by atoms with Crippen LogP contribution in [0.2, 0.25) is 0 Å². The third kappa shape index (κ3) is 1.31. The van der Waals surface area contributed by atoms with Gasteiger partial charge in [0.05, 0.1) is 0 Å². The van der Waals surface area contributed by atoms with E-state index in [1.807, 2.05) is 0 Å². The van der Waals surface area contributed by atoms with Gasteiger partial charge in [-0.05, 0) is 49.9 Å². The minimum atomic E-state index is 0.208. The molecule has 3 saturated carbocycles. The standard InChI is InChI=1S/C12H19NO/c13-12-9-4-3-8(6-9)11(12)10(14)5-7-1-2-7/h7-9,11-12H,1-6,13H2. The molecule has 4 unspecified atom stereocenters. The fourth-order valence-corrected chi connectivity index (χ4v) is 3.56. The van der Waals surface area contributed by atoms with Crippen LogP contribution in [0, 0.1) is 23.7 Å². The maximum absolute atomic E-state index is 12.0. The van der Waals surface area contributed by atoms with E-state index in [1.54, 1.807) is 0 Å². The second kappa shape index (κ2) is 3.06. The van der Waals surface area contributed by atoms with Crippen LogP contribution in [-0.2, 0) is 4.79 Å². The van der Waals surface area contributed by atoms with E-state index in [0.29, 0.717) is 17.6 Å². The monoisotopic (exact) mass is 193 g/mol. The Kier molecular flexibility index (Phi) is 1.94. The molecule has 0 aliphatic heterocycles. The predicted molar refractivity (Wildman–Crippen MR) is 54.6 cm³/mol. The van der Waals surface area contributed by atoms with Crippen molar-refractivity contribution in [3.05, 3.63) is 0 Å². The maximum atomic E-state index is 12.0. The molecule has 0 amide bonds. The molecule has 0 aromatic rings. The molecule has 0 saturated heterocycles. The summed E-state index contributed by atoms with van der Waals surface area (Å²) in [6.45, 7) is 0. The van der Waals surface area contributed by atoms with Crippen molar-refractivity contribution in [3.63, 3.8) is 0 Å². The van der Waals surface area contributed by atoms with E-state index < -0.39 is 0 Å². The summed E-state index contributed by atoms with van der Waals surface area (Å²) in [7, 11) is 0. The SMILES string of the molecule is NC1C2CCC(C2)C1C(=O)CC1CC1. The summed E-state index contributed by atoms with van der Waals surface area (Å²) >= 11 is 0. The number of hydrogen-bond acceptors (Lipinski definition) is 2. The van der Waals surface area contributed by atoms with Gasteiger partial charge in [0.2, 0.25) is 0 Å². The van der Waals surface area contributed by atoms with E-state index in [2.05, 4.69) is 0 Å². The zero-order valence-corrected chi connectivity index (χ0v) is 8.61. The van der Waals surface area contributed by atoms with Crippen molar-refractivity contribution in [2.45, 2.75) is 44.6 Å². The number of Topliss-reactive ketones (excluding diaryl/α,β-unsaturated/α-hetero) is 1. The first kappa shape index (κ1) is 8.90. The zero-order chi connectivity index (χ0) is 9.71. The van der Waals surface area contributed by atoms with Gasteiger partial charge in [0.25, 0.3) is 0 Å². The molecule has 0 heterocycles. The zero-order valence-electron chi connectivity index (χ0n) is 8.61. The molecule has 2 bridgehead atoms. The molecule has 78 valence electrons. The summed E-state index contributed by atoms with van der Waals surface area (Å²) in [5, 5.41) is 0. The lowest BCUT2D eigenvalue weighted by Crippen LogP contribution is -2.40. The van der Waals surface area contributed by atoms with Crippen molar-refractivity contribution in [2.24, 2.45) is 29.4 Å². The highest BCUT2D eigenvalue weighted by Crippen LogP contribution is 2.49. The van der Waals surface area contributed by atoms with Gasteiger partial charge in [0, 0.05) is 18.4 Å². The molecule has 0 aromatic carbocycles. The summed E-state index contributed by atoms with van der Waals surface area (Å²) in [6.07, 6.45) is 7.17. The Morgan fingerprint density at radius 2 is 1.86 bits per heavy atom. The fourth-order valence-electron chi connectivity index (χ4n) is 3.56. The highest BCUT2D eigenvalue weighted by atomic mass is 16.1. The largest absolute Gasteiger partial charge is 0.327 e. The number of rotatable bonds is 3. The molecule has 14 heavy (non-hydrogen) atoms. The third-order valence-corrected chi connectivity index (χ3v) is 4.54. The first-order valence-corrected chi connectivity index (χ1v) is 6.04. The maximum Gasteiger partial charge on any atom is 0.138 e. The van der Waals surface area contributed by atoms with Gasteiger partial charge >= 0.3 is 0 Å². The first-order chi connectivity index (χ1) is 6.75. The second-order valence-electron chi connectivity index (χ2n) is 5.55. The van der Waals surface area contributed by atoms with E-state index >= 15 is 0 Å². The van der Waals surface area contributed by atoms with Gasteiger partial charge in [-0.15, -0.1) is 0 Å². The smallest absolute Gasteiger partial charge is 0.138 e. The Bertz CT molecular complexity index is 257. The van der Waals surface area contributed by atoms with Crippen LogP contribution < -0.4 is 5.73 Å². The van der Waals surface area contributed by atoms with Crippen molar-refractivity contribution < 1.29 is 4.79 Å². The molecule has 2 nitrogen and oxygen atoms in total. The minimum Gasteiger partial charge on any atom is -0.327 e. The van der Waals surface area contributed by atoms with Crippen LogP contribution in [0.5, 0.6) is 0 Å². The van der Waals surface area contributed by atoms with E-state index in [-0.39, 0.29) is 12.0 Å². The molecule has 4 atom stereocenters. The molecule has 0 aromatic heterocycles. The van der Waals surface area contributed by atoms with Crippen LogP contribution in [0.3, 0.4) is 0 Å². The van der Waals surface area contributed by atoms with Crippen LogP contribution in [-0.4, -0.2) is 11.8 Å². The van der Waals surface area contributed by atoms with Crippen molar-refractivity contribution in [3.8, 4) is 0 Å². The van der Waals surface area contributed by atoms with Crippen molar-refractivity contribution in [1.29, 1.82) is 0 Å². The lowest BCUT2D eigenvalue weighted by atomic mass is 9.81. The van der Waals surface area contributed by atoms with Gasteiger partial charge < -0.3 is 5.73 Å². The van der Waals surface area contributed by atoms with Gasteiger partial charge in [0.15, 0.2) is 0 Å². The number of fused-ring (bicyclic) bond motifs is 2. The lowest BCUT2D eigenvalue weighted by molar-refractivity contribution is -0.125. The van der Waals surface area contributed by atoms with Crippen molar-refractivity contribution in [2.75, 3.05) is 0 Å². The highest BCUT2D eigenvalue weighted by molar-refractivity contribution is 5.83. The molecule has 0 radical (unpaired) electrons. The van der Waals surface area contributed by atoms with Gasteiger partial charge in [0.1, 0.15) is 5.78 Å². The van der Waals surface area contributed by atoms with E-state index in [1.165, 1.54) is 32.1 Å². The summed E-state index contributed by atoms with van der Waals surface area (Å²) in [6, 6.07) is 0.208. The molecule has 2 N–H and O–H groups in total. The topological polar surface area (TPSA) is 43.1 Å². The summed E-state index contributed by atoms with van der Waals surface area (Å²) < 4.78 is 0. The van der Waals surface area contributed by atoms with Crippen LogP contribution in [0.15, 0.2) is 0 Å². The van der Waals surface area contributed by atoms with Gasteiger partial charge in [-0.2, -0.15) is 0 Å². The first-order valence-electron chi connectivity index (χ1n) is 6.04. The summed E-state index contributed by atoms with van der Waals surface area (Å²) in [5.41, 5.74) is 6.14. The number of carbonyl (C=O) groups excluding carboxylic acids is 1. The lowest BCUT2D eigenvalue weighted by Gasteiger charge is -2.26. The molecule has 3 aliphatic rings. The molecular weight excluding hydrogens is 174 g/mol.